The summed E-state index contributed by atoms with van der Waals surface area (Å²) in [6.07, 6.45) is 0. The molecular formula is C11H20N4O2. The van der Waals surface area contributed by atoms with Gasteiger partial charge in [-0.25, -0.2) is 9.97 Å². The molecule has 6 heteroatoms. The van der Waals surface area contributed by atoms with Crippen LogP contribution in [-0.4, -0.2) is 43.9 Å². The molecule has 17 heavy (non-hydrogen) atoms. The first kappa shape index (κ1) is 13.7. The molecule has 0 atom stereocenters. The second kappa shape index (κ2) is 7.81. The van der Waals surface area contributed by atoms with E-state index in [1.165, 1.54) is 0 Å². The maximum absolute atomic E-state index is 5.04. The van der Waals surface area contributed by atoms with Crippen LogP contribution < -0.4 is 10.6 Å². The largest absolute Gasteiger partial charge is 0.383 e. The van der Waals surface area contributed by atoms with E-state index in [-0.39, 0.29) is 0 Å². The van der Waals surface area contributed by atoms with Crippen molar-refractivity contribution in [3.63, 3.8) is 0 Å². The van der Waals surface area contributed by atoms with Gasteiger partial charge >= 0.3 is 0 Å². The van der Waals surface area contributed by atoms with Crippen molar-refractivity contribution in [2.24, 2.45) is 0 Å². The van der Waals surface area contributed by atoms with Crippen molar-refractivity contribution in [2.75, 3.05) is 44.5 Å². The summed E-state index contributed by atoms with van der Waals surface area (Å²) in [6.45, 7) is 4.60. The molecule has 96 valence electrons. The summed E-state index contributed by atoms with van der Waals surface area (Å²) in [5.74, 6) is 2.24. The Bertz CT molecular complexity index is 309. The highest BCUT2D eigenvalue weighted by Gasteiger charge is 2.03. The first-order valence-electron chi connectivity index (χ1n) is 5.63. The van der Waals surface area contributed by atoms with Gasteiger partial charge in [0.05, 0.1) is 6.61 Å². The maximum Gasteiger partial charge on any atom is 0.158 e. The lowest BCUT2D eigenvalue weighted by Gasteiger charge is -2.10. The lowest BCUT2D eigenvalue weighted by Crippen LogP contribution is -2.12. The van der Waals surface area contributed by atoms with Gasteiger partial charge in [-0.3, -0.25) is 0 Å². The number of anilines is 2. The first-order chi connectivity index (χ1) is 8.30. The molecule has 1 rings (SSSR count). The molecule has 0 aliphatic rings. The van der Waals surface area contributed by atoms with Crippen LogP contribution in [0.2, 0.25) is 0 Å². The van der Waals surface area contributed by atoms with Crippen molar-refractivity contribution >= 4 is 11.6 Å². The Kier molecular flexibility index (Phi) is 6.27. The summed E-state index contributed by atoms with van der Waals surface area (Å²) in [5.41, 5.74) is 0. The quantitative estimate of drug-likeness (QED) is 0.663. The summed E-state index contributed by atoms with van der Waals surface area (Å²) in [5, 5.41) is 6.33. The van der Waals surface area contributed by atoms with E-state index >= 15 is 0 Å². The molecular weight excluding hydrogens is 220 g/mol. The zero-order valence-electron chi connectivity index (χ0n) is 10.6. The van der Waals surface area contributed by atoms with Crippen molar-refractivity contribution in [3.05, 3.63) is 11.9 Å². The molecule has 0 amide bonds. The molecule has 6 nitrogen and oxygen atoms in total. The second-order valence-electron chi connectivity index (χ2n) is 3.44. The van der Waals surface area contributed by atoms with Crippen LogP contribution in [0.25, 0.3) is 0 Å². The van der Waals surface area contributed by atoms with Gasteiger partial charge in [-0.15, -0.1) is 0 Å². The molecule has 0 radical (unpaired) electrons. The molecule has 1 aromatic rings. The van der Waals surface area contributed by atoms with Gasteiger partial charge in [0.2, 0.25) is 0 Å². The fraction of sp³-hybridized carbons (Fsp3) is 0.636. The Hall–Kier alpha value is -1.40. The maximum atomic E-state index is 5.04. The fourth-order valence-electron chi connectivity index (χ4n) is 1.33. The van der Waals surface area contributed by atoms with Gasteiger partial charge in [0.15, 0.2) is 5.82 Å². The monoisotopic (exact) mass is 240 g/mol. The lowest BCUT2D eigenvalue weighted by atomic mass is 10.4. The first-order valence-corrected chi connectivity index (χ1v) is 5.63. The molecule has 1 aromatic heterocycles. The number of rotatable bonds is 8. The van der Waals surface area contributed by atoms with Gasteiger partial charge in [0.1, 0.15) is 18.2 Å². The Labute approximate surface area is 102 Å². The number of ether oxygens (including phenoxy) is 2. The number of nitrogens with one attached hydrogen (secondary N) is 2. The van der Waals surface area contributed by atoms with Gasteiger partial charge in [-0.05, 0) is 6.92 Å². The topological polar surface area (TPSA) is 68.3 Å². The van der Waals surface area contributed by atoms with Gasteiger partial charge in [-0.2, -0.15) is 0 Å². The summed E-state index contributed by atoms with van der Waals surface area (Å²) < 4.78 is 10.0. The highest BCUT2D eigenvalue weighted by Crippen LogP contribution is 2.11. The second-order valence-corrected chi connectivity index (χ2v) is 3.44. The van der Waals surface area contributed by atoms with E-state index in [4.69, 9.17) is 9.47 Å². The van der Waals surface area contributed by atoms with Crippen LogP contribution in [0.5, 0.6) is 0 Å². The third-order valence-corrected chi connectivity index (χ3v) is 2.02. The van der Waals surface area contributed by atoms with Gasteiger partial charge in [0.25, 0.3) is 0 Å². The smallest absolute Gasteiger partial charge is 0.158 e. The van der Waals surface area contributed by atoms with Crippen LogP contribution in [0, 0.1) is 0 Å². The zero-order chi connectivity index (χ0) is 12.5. The molecule has 0 unspecified atom stereocenters. The molecule has 1 heterocycles. The van der Waals surface area contributed by atoms with Gasteiger partial charge in [0, 0.05) is 33.4 Å². The van der Waals surface area contributed by atoms with E-state index in [2.05, 4.69) is 20.6 Å². The van der Waals surface area contributed by atoms with Crippen LogP contribution in [0.15, 0.2) is 6.07 Å². The van der Waals surface area contributed by atoms with E-state index in [1.807, 2.05) is 13.0 Å². The van der Waals surface area contributed by atoms with E-state index in [0.29, 0.717) is 25.6 Å². The molecule has 0 spiro atoms. The normalized spacial score (nSPS) is 10.3. The zero-order valence-corrected chi connectivity index (χ0v) is 10.6. The summed E-state index contributed by atoms with van der Waals surface area (Å²) in [7, 11) is 3.30. The van der Waals surface area contributed by atoms with E-state index in [9.17, 15) is 0 Å². The Balaban J connectivity index is 2.72. The van der Waals surface area contributed by atoms with Crippen molar-refractivity contribution < 1.29 is 9.47 Å². The minimum absolute atomic E-state index is 0.401. The Morgan fingerprint density at radius 3 is 2.41 bits per heavy atom. The molecule has 0 saturated heterocycles. The molecule has 0 fully saturated rings. The average Bonchev–Trinajstić information content (AvgIpc) is 2.30. The summed E-state index contributed by atoms with van der Waals surface area (Å²) in [6, 6.07) is 1.87. The number of methoxy groups -OCH3 is 2. The molecule has 0 aliphatic carbocycles. The predicted molar refractivity (Wildman–Crippen MR) is 67.3 cm³/mol. The molecule has 0 saturated carbocycles. The van der Waals surface area contributed by atoms with E-state index in [0.717, 1.165) is 18.2 Å². The molecule has 0 aromatic carbocycles. The Morgan fingerprint density at radius 1 is 1.12 bits per heavy atom. The van der Waals surface area contributed by atoms with E-state index in [1.54, 1.807) is 14.2 Å². The van der Waals surface area contributed by atoms with Crippen LogP contribution in [-0.2, 0) is 16.1 Å². The van der Waals surface area contributed by atoms with Crippen molar-refractivity contribution in [1.82, 2.24) is 9.97 Å². The molecule has 2 N–H and O–H groups in total. The average molecular weight is 240 g/mol. The number of hydrogen-bond acceptors (Lipinski definition) is 6. The lowest BCUT2D eigenvalue weighted by molar-refractivity contribution is 0.178. The van der Waals surface area contributed by atoms with Crippen molar-refractivity contribution in [2.45, 2.75) is 13.5 Å². The van der Waals surface area contributed by atoms with Gasteiger partial charge < -0.3 is 20.1 Å². The van der Waals surface area contributed by atoms with E-state index < -0.39 is 0 Å². The highest BCUT2D eigenvalue weighted by atomic mass is 16.5. The molecule has 0 aliphatic heterocycles. The minimum atomic E-state index is 0.401. The van der Waals surface area contributed by atoms with Crippen LogP contribution in [0.1, 0.15) is 12.7 Å². The third kappa shape index (κ3) is 4.97. The van der Waals surface area contributed by atoms with Crippen molar-refractivity contribution in [3.8, 4) is 0 Å². The highest BCUT2D eigenvalue weighted by molar-refractivity contribution is 5.47. The minimum Gasteiger partial charge on any atom is -0.383 e. The summed E-state index contributed by atoms with van der Waals surface area (Å²) >= 11 is 0. The number of aromatic nitrogens is 2. The van der Waals surface area contributed by atoms with Gasteiger partial charge in [-0.1, -0.05) is 0 Å². The fourth-order valence-corrected chi connectivity index (χ4v) is 1.33. The van der Waals surface area contributed by atoms with Crippen molar-refractivity contribution in [1.29, 1.82) is 0 Å². The Morgan fingerprint density at radius 2 is 1.82 bits per heavy atom. The standard InChI is InChI=1S/C11H20N4O2/c1-4-12-9-7-10(13-5-6-16-2)15-11(14-9)8-17-3/h7H,4-6,8H2,1-3H3,(H2,12,13,14,15). The summed E-state index contributed by atoms with van der Waals surface area (Å²) in [4.78, 5) is 8.66. The van der Waals surface area contributed by atoms with Crippen LogP contribution in [0.4, 0.5) is 11.6 Å². The third-order valence-electron chi connectivity index (χ3n) is 2.02. The SMILES string of the molecule is CCNc1cc(NCCOC)nc(COC)n1. The number of nitrogens with zero attached hydrogens (tertiary/aromatic N) is 2. The number of hydrogen-bond donors (Lipinski definition) is 2. The predicted octanol–water partition coefficient (Wildman–Crippen LogP) is 1.11. The van der Waals surface area contributed by atoms with Crippen LogP contribution >= 0.6 is 0 Å². The molecule has 0 bridgehead atoms. The van der Waals surface area contributed by atoms with Crippen LogP contribution in [0.3, 0.4) is 0 Å².